The van der Waals surface area contributed by atoms with E-state index in [4.69, 9.17) is 4.74 Å². The van der Waals surface area contributed by atoms with Crippen molar-refractivity contribution in [1.82, 2.24) is 4.98 Å². The number of methoxy groups -OCH3 is 1. The third-order valence-electron chi connectivity index (χ3n) is 3.51. The minimum atomic E-state index is -0.250. The first-order valence-corrected chi connectivity index (χ1v) is 8.12. The maximum Gasteiger partial charge on any atom is 0.267 e. The van der Waals surface area contributed by atoms with Crippen molar-refractivity contribution < 1.29 is 14.3 Å². The van der Waals surface area contributed by atoms with Gasteiger partial charge in [0.2, 0.25) is 5.91 Å². The molecule has 23 heavy (non-hydrogen) atoms. The Balaban J connectivity index is 1.71. The molecule has 0 saturated heterocycles. The van der Waals surface area contributed by atoms with Gasteiger partial charge in [0, 0.05) is 17.7 Å². The number of aryl methyl sites for hydroxylation is 1. The first kappa shape index (κ1) is 15.5. The molecule has 1 aliphatic carbocycles. The predicted molar refractivity (Wildman–Crippen MR) is 89.2 cm³/mol. The Labute approximate surface area is 137 Å². The lowest BCUT2D eigenvalue weighted by molar-refractivity contribution is -0.117. The van der Waals surface area contributed by atoms with Crippen molar-refractivity contribution in [3.63, 3.8) is 0 Å². The highest BCUT2D eigenvalue weighted by Crippen LogP contribution is 2.31. The molecule has 0 atom stereocenters. The highest BCUT2D eigenvalue weighted by atomic mass is 32.1. The molecule has 1 heterocycles. The number of carbonyl (C=O) groups is 2. The number of hydrogen-bond donors (Lipinski definition) is 2. The average molecular weight is 331 g/mol. The summed E-state index contributed by atoms with van der Waals surface area (Å²) in [5.41, 5.74) is 1.24. The molecule has 0 aliphatic heterocycles. The zero-order valence-corrected chi connectivity index (χ0v) is 13.7. The number of anilines is 2. The Morgan fingerprint density at radius 3 is 2.78 bits per heavy atom. The Hall–Kier alpha value is -2.41. The maximum absolute atomic E-state index is 12.4. The molecule has 0 spiro atoms. The van der Waals surface area contributed by atoms with Crippen LogP contribution < -0.4 is 15.4 Å². The number of aromatic nitrogens is 1. The first-order valence-electron chi connectivity index (χ1n) is 7.30. The van der Waals surface area contributed by atoms with Crippen molar-refractivity contribution in [2.75, 3.05) is 17.7 Å². The van der Waals surface area contributed by atoms with E-state index in [-0.39, 0.29) is 17.7 Å². The second-order valence-corrected chi connectivity index (χ2v) is 6.38. The lowest BCUT2D eigenvalue weighted by Crippen LogP contribution is -2.12. The van der Waals surface area contributed by atoms with E-state index in [9.17, 15) is 9.59 Å². The monoisotopic (exact) mass is 331 g/mol. The summed E-state index contributed by atoms with van der Waals surface area (Å²) in [6, 6.07) is 7.13. The second-order valence-electron chi connectivity index (χ2n) is 5.38. The van der Waals surface area contributed by atoms with Crippen LogP contribution in [0.3, 0.4) is 0 Å². The van der Waals surface area contributed by atoms with Crippen molar-refractivity contribution >= 4 is 34.0 Å². The van der Waals surface area contributed by atoms with Gasteiger partial charge in [0.1, 0.15) is 10.6 Å². The molecule has 1 fully saturated rings. The fourth-order valence-corrected chi connectivity index (χ4v) is 2.97. The Morgan fingerprint density at radius 1 is 1.30 bits per heavy atom. The highest BCUT2D eigenvalue weighted by Gasteiger charge is 2.30. The van der Waals surface area contributed by atoms with Crippen LogP contribution in [-0.4, -0.2) is 23.9 Å². The SMILES string of the molecule is COc1cccc(NC(=O)c2sc(NC(=O)C3CC3)nc2C)c1. The molecule has 0 unspecified atom stereocenters. The first-order chi connectivity index (χ1) is 11.1. The molecule has 0 bridgehead atoms. The summed E-state index contributed by atoms with van der Waals surface area (Å²) in [4.78, 5) is 28.9. The van der Waals surface area contributed by atoms with E-state index in [1.807, 2.05) is 0 Å². The molecule has 6 nitrogen and oxygen atoms in total. The number of hydrogen-bond acceptors (Lipinski definition) is 5. The van der Waals surface area contributed by atoms with Crippen LogP contribution in [0.1, 0.15) is 28.2 Å². The average Bonchev–Trinajstić information content (AvgIpc) is 3.32. The van der Waals surface area contributed by atoms with Gasteiger partial charge in [-0.1, -0.05) is 17.4 Å². The summed E-state index contributed by atoms with van der Waals surface area (Å²) < 4.78 is 5.13. The standard InChI is InChI=1S/C16H17N3O3S/c1-9-13(23-16(17-9)19-14(20)10-6-7-10)15(21)18-11-4-3-5-12(8-11)22-2/h3-5,8,10H,6-7H2,1-2H3,(H,18,21)(H,17,19,20). The van der Waals surface area contributed by atoms with Gasteiger partial charge < -0.3 is 15.4 Å². The Morgan fingerprint density at radius 2 is 2.09 bits per heavy atom. The molecular formula is C16H17N3O3S. The molecule has 0 radical (unpaired) electrons. The number of amides is 2. The van der Waals surface area contributed by atoms with Crippen LogP contribution in [0.4, 0.5) is 10.8 Å². The molecule has 7 heteroatoms. The van der Waals surface area contributed by atoms with Crippen LogP contribution in [0, 0.1) is 12.8 Å². The van der Waals surface area contributed by atoms with Gasteiger partial charge >= 0.3 is 0 Å². The molecule has 2 N–H and O–H groups in total. The zero-order chi connectivity index (χ0) is 16.4. The normalized spacial score (nSPS) is 13.5. The molecule has 1 aliphatic rings. The predicted octanol–water partition coefficient (Wildman–Crippen LogP) is 3.06. The van der Waals surface area contributed by atoms with Crippen LogP contribution in [0.5, 0.6) is 5.75 Å². The Bertz CT molecular complexity index is 753. The van der Waals surface area contributed by atoms with Crippen molar-refractivity contribution in [2.24, 2.45) is 5.92 Å². The van der Waals surface area contributed by atoms with E-state index in [0.717, 1.165) is 12.8 Å². The van der Waals surface area contributed by atoms with Crippen molar-refractivity contribution in [2.45, 2.75) is 19.8 Å². The molecule has 1 aromatic carbocycles. The van der Waals surface area contributed by atoms with Crippen LogP contribution in [0.15, 0.2) is 24.3 Å². The van der Waals surface area contributed by atoms with Gasteiger partial charge in [0.25, 0.3) is 5.91 Å². The number of thiazole rings is 1. The van der Waals surface area contributed by atoms with Gasteiger partial charge in [-0.3, -0.25) is 9.59 Å². The van der Waals surface area contributed by atoms with Crippen LogP contribution in [0.25, 0.3) is 0 Å². The van der Waals surface area contributed by atoms with E-state index in [0.29, 0.717) is 27.1 Å². The molecule has 1 aromatic heterocycles. The van der Waals surface area contributed by atoms with E-state index in [2.05, 4.69) is 15.6 Å². The van der Waals surface area contributed by atoms with Crippen molar-refractivity contribution in [3.8, 4) is 5.75 Å². The quantitative estimate of drug-likeness (QED) is 0.882. The molecular weight excluding hydrogens is 314 g/mol. The van der Waals surface area contributed by atoms with E-state index in [1.54, 1.807) is 38.3 Å². The van der Waals surface area contributed by atoms with E-state index >= 15 is 0 Å². The van der Waals surface area contributed by atoms with Gasteiger partial charge in [0.15, 0.2) is 5.13 Å². The fraction of sp³-hybridized carbons (Fsp3) is 0.312. The number of benzene rings is 1. The van der Waals surface area contributed by atoms with Gasteiger partial charge in [0.05, 0.1) is 12.8 Å². The maximum atomic E-state index is 12.4. The molecule has 3 rings (SSSR count). The largest absolute Gasteiger partial charge is 0.497 e. The lowest BCUT2D eigenvalue weighted by Gasteiger charge is -2.06. The van der Waals surface area contributed by atoms with Crippen LogP contribution in [-0.2, 0) is 4.79 Å². The lowest BCUT2D eigenvalue weighted by atomic mass is 10.3. The highest BCUT2D eigenvalue weighted by molar-refractivity contribution is 7.17. The van der Waals surface area contributed by atoms with Gasteiger partial charge in [-0.2, -0.15) is 0 Å². The zero-order valence-electron chi connectivity index (χ0n) is 12.9. The van der Waals surface area contributed by atoms with Gasteiger partial charge in [-0.15, -0.1) is 0 Å². The van der Waals surface area contributed by atoms with Crippen LogP contribution in [0.2, 0.25) is 0 Å². The second kappa shape index (κ2) is 6.37. The number of ether oxygens (including phenoxy) is 1. The third-order valence-corrected chi connectivity index (χ3v) is 4.58. The summed E-state index contributed by atoms with van der Waals surface area (Å²) in [7, 11) is 1.57. The number of carbonyl (C=O) groups excluding carboxylic acids is 2. The number of rotatable bonds is 5. The van der Waals surface area contributed by atoms with Crippen molar-refractivity contribution in [3.05, 3.63) is 34.8 Å². The summed E-state index contributed by atoms with van der Waals surface area (Å²) in [6.07, 6.45) is 1.86. The molecule has 2 aromatic rings. The number of nitrogens with one attached hydrogen (secondary N) is 2. The summed E-state index contributed by atoms with van der Waals surface area (Å²) in [5, 5.41) is 6.05. The van der Waals surface area contributed by atoms with E-state index in [1.165, 1.54) is 11.3 Å². The smallest absolute Gasteiger partial charge is 0.267 e. The fourth-order valence-electron chi connectivity index (χ4n) is 2.10. The van der Waals surface area contributed by atoms with Gasteiger partial charge in [-0.05, 0) is 31.9 Å². The topological polar surface area (TPSA) is 80.3 Å². The summed E-state index contributed by atoms with van der Waals surface area (Å²) >= 11 is 1.18. The van der Waals surface area contributed by atoms with Gasteiger partial charge in [-0.25, -0.2) is 4.98 Å². The third kappa shape index (κ3) is 3.68. The Kier molecular flexibility index (Phi) is 4.29. The minimum absolute atomic E-state index is 0.0153. The molecule has 2 amide bonds. The summed E-state index contributed by atoms with van der Waals surface area (Å²) in [6.45, 7) is 1.75. The minimum Gasteiger partial charge on any atom is -0.497 e. The molecule has 1 saturated carbocycles. The summed E-state index contributed by atoms with van der Waals surface area (Å²) in [5.74, 6) is 0.508. The van der Waals surface area contributed by atoms with Crippen LogP contribution >= 0.6 is 11.3 Å². The number of nitrogens with zero attached hydrogens (tertiary/aromatic N) is 1. The van der Waals surface area contributed by atoms with Crippen molar-refractivity contribution in [1.29, 1.82) is 0 Å². The molecule has 120 valence electrons. The van der Waals surface area contributed by atoms with E-state index < -0.39 is 0 Å².